The number of carbonyl (C=O) groups is 1. The number of aromatic amines is 1. The molecule has 0 fully saturated rings. The number of carboxylic acid groups (broad SMARTS) is 1. The van der Waals surface area contributed by atoms with Gasteiger partial charge < -0.3 is 10.2 Å². The number of nitrogens with one attached hydrogen (secondary N) is 1. The molecule has 0 amide bonds. The van der Waals surface area contributed by atoms with Crippen LogP contribution in [-0.4, -0.2) is 26.0 Å². The van der Waals surface area contributed by atoms with E-state index in [4.69, 9.17) is 5.11 Å². The number of para-hydroxylation sites is 2. The minimum absolute atomic E-state index is 0.0130. The van der Waals surface area contributed by atoms with Crippen LogP contribution in [0.4, 0.5) is 0 Å². The highest BCUT2D eigenvalue weighted by Gasteiger charge is 2.19. The van der Waals surface area contributed by atoms with Crippen molar-refractivity contribution in [3.63, 3.8) is 0 Å². The second-order valence-electron chi connectivity index (χ2n) is 5.18. The predicted octanol–water partition coefficient (Wildman–Crippen LogP) is 2.01. The zero-order chi connectivity index (χ0) is 15.6. The van der Waals surface area contributed by atoms with Crippen molar-refractivity contribution in [3.05, 3.63) is 45.9 Å². The highest BCUT2D eigenvalue weighted by atomic mass is 16.4. The number of phenolic OH excluding ortho intramolecular Hbond substituents is 1. The van der Waals surface area contributed by atoms with Gasteiger partial charge in [-0.3, -0.25) is 14.7 Å². The number of nitrogens with zero attached hydrogens (tertiary/aromatic N) is 1. The molecule has 0 aliphatic heterocycles. The molecule has 112 valence electrons. The van der Waals surface area contributed by atoms with Crippen LogP contribution in [0.25, 0.3) is 5.69 Å². The van der Waals surface area contributed by atoms with E-state index in [1.807, 2.05) is 13.8 Å². The van der Waals surface area contributed by atoms with Crippen molar-refractivity contribution in [2.24, 2.45) is 0 Å². The molecule has 0 saturated carbocycles. The smallest absolute Gasteiger partial charge is 0.303 e. The number of hydrogen-bond donors (Lipinski definition) is 3. The van der Waals surface area contributed by atoms with E-state index in [0.29, 0.717) is 16.9 Å². The summed E-state index contributed by atoms with van der Waals surface area (Å²) in [6, 6.07) is 6.50. The molecule has 0 aliphatic carbocycles. The van der Waals surface area contributed by atoms with Gasteiger partial charge in [-0.05, 0) is 24.5 Å². The lowest BCUT2D eigenvalue weighted by molar-refractivity contribution is -0.136. The summed E-state index contributed by atoms with van der Waals surface area (Å²) < 4.78 is 1.27. The molecule has 3 N–H and O–H groups in total. The lowest BCUT2D eigenvalue weighted by atomic mass is 10.0. The molecular formula is C15H18N2O4. The van der Waals surface area contributed by atoms with E-state index in [1.165, 1.54) is 10.7 Å². The van der Waals surface area contributed by atoms with Crippen molar-refractivity contribution in [1.82, 2.24) is 9.78 Å². The molecule has 1 aromatic heterocycles. The molecule has 6 nitrogen and oxygen atoms in total. The van der Waals surface area contributed by atoms with Gasteiger partial charge in [0, 0.05) is 17.7 Å². The SMILES string of the molecule is CC(C)c1[nH]n(-c2ccccc2O)c(=O)c1CCC(=O)O. The van der Waals surface area contributed by atoms with E-state index >= 15 is 0 Å². The van der Waals surface area contributed by atoms with E-state index in [-0.39, 0.29) is 30.1 Å². The summed E-state index contributed by atoms with van der Waals surface area (Å²) in [7, 11) is 0. The fourth-order valence-electron chi connectivity index (χ4n) is 2.26. The van der Waals surface area contributed by atoms with Gasteiger partial charge in [0.2, 0.25) is 0 Å². The number of rotatable bonds is 5. The third-order valence-electron chi connectivity index (χ3n) is 3.31. The Hall–Kier alpha value is -2.50. The van der Waals surface area contributed by atoms with Gasteiger partial charge in [-0.25, -0.2) is 4.68 Å². The number of phenols is 1. The molecule has 1 aromatic carbocycles. The monoisotopic (exact) mass is 290 g/mol. The molecular weight excluding hydrogens is 272 g/mol. The Morgan fingerprint density at radius 3 is 2.57 bits per heavy atom. The van der Waals surface area contributed by atoms with Crippen LogP contribution >= 0.6 is 0 Å². The molecule has 0 aliphatic rings. The predicted molar refractivity (Wildman–Crippen MR) is 78.1 cm³/mol. The highest BCUT2D eigenvalue weighted by Crippen LogP contribution is 2.22. The first-order valence-corrected chi connectivity index (χ1v) is 6.75. The maximum atomic E-state index is 12.5. The van der Waals surface area contributed by atoms with Crippen LogP contribution in [-0.2, 0) is 11.2 Å². The van der Waals surface area contributed by atoms with Gasteiger partial charge in [-0.15, -0.1) is 0 Å². The summed E-state index contributed by atoms with van der Waals surface area (Å²) in [5.41, 5.74) is 1.19. The van der Waals surface area contributed by atoms with E-state index in [9.17, 15) is 14.7 Å². The Balaban J connectivity index is 2.54. The number of hydrogen-bond acceptors (Lipinski definition) is 3. The normalized spacial score (nSPS) is 11.0. The van der Waals surface area contributed by atoms with Crippen molar-refractivity contribution in [3.8, 4) is 11.4 Å². The number of aliphatic carboxylic acids is 1. The van der Waals surface area contributed by atoms with Crippen molar-refractivity contribution >= 4 is 5.97 Å². The van der Waals surface area contributed by atoms with Crippen molar-refractivity contribution < 1.29 is 15.0 Å². The Kier molecular flexibility index (Phi) is 4.16. The second-order valence-corrected chi connectivity index (χ2v) is 5.18. The van der Waals surface area contributed by atoms with Crippen molar-refractivity contribution in [1.29, 1.82) is 0 Å². The third-order valence-corrected chi connectivity index (χ3v) is 3.31. The first-order chi connectivity index (χ1) is 9.91. The summed E-state index contributed by atoms with van der Waals surface area (Å²) >= 11 is 0. The van der Waals surface area contributed by atoms with Crippen LogP contribution < -0.4 is 5.56 Å². The van der Waals surface area contributed by atoms with E-state index in [2.05, 4.69) is 5.10 Å². The van der Waals surface area contributed by atoms with Gasteiger partial charge in [0.1, 0.15) is 11.4 Å². The number of benzene rings is 1. The third kappa shape index (κ3) is 2.99. The van der Waals surface area contributed by atoms with Crippen LogP contribution in [0.3, 0.4) is 0 Å². The molecule has 0 saturated heterocycles. The topological polar surface area (TPSA) is 95.3 Å². The molecule has 1 heterocycles. The summed E-state index contributed by atoms with van der Waals surface area (Å²) in [5, 5.41) is 21.7. The average molecular weight is 290 g/mol. The zero-order valence-corrected chi connectivity index (χ0v) is 12.0. The molecule has 0 radical (unpaired) electrons. The zero-order valence-electron chi connectivity index (χ0n) is 12.0. The second kappa shape index (κ2) is 5.87. The lowest BCUT2D eigenvalue weighted by Gasteiger charge is -2.05. The van der Waals surface area contributed by atoms with Gasteiger partial charge in [-0.2, -0.15) is 0 Å². The summed E-state index contributed by atoms with van der Waals surface area (Å²) in [4.78, 5) is 23.2. The summed E-state index contributed by atoms with van der Waals surface area (Å²) in [6.45, 7) is 3.84. The standard InChI is InChI=1S/C15H18N2O4/c1-9(2)14-10(7-8-13(19)20)15(21)17(16-14)11-5-3-4-6-12(11)18/h3-6,9,16,18H,7-8H2,1-2H3,(H,19,20). The average Bonchev–Trinajstić information content (AvgIpc) is 2.74. The lowest BCUT2D eigenvalue weighted by Crippen LogP contribution is -2.18. The number of aromatic hydroxyl groups is 1. The maximum Gasteiger partial charge on any atom is 0.303 e. The summed E-state index contributed by atoms with van der Waals surface area (Å²) in [6.07, 6.45) is 0.0619. The van der Waals surface area contributed by atoms with Crippen LogP contribution in [0, 0.1) is 0 Å². The Labute approximate surface area is 121 Å². The first kappa shape index (κ1) is 14.9. The van der Waals surface area contributed by atoms with Gasteiger partial charge in [0.25, 0.3) is 5.56 Å². The number of carboxylic acids is 1. The fourth-order valence-corrected chi connectivity index (χ4v) is 2.26. The van der Waals surface area contributed by atoms with Gasteiger partial charge in [-0.1, -0.05) is 26.0 Å². The fraction of sp³-hybridized carbons (Fsp3) is 0.333. The van der Waals surface area contributed by atoms with E-state index < -0.39 is 5.97 Å². The Morgan fingerprint density at radius 2 is 2.00 bits per heavy atom. The summed E-state index contributed by atoms with van der Waals surface area (Å²) in [5.74, 6) is -0.908. The molecule has 6 heteroatoms. The molecule has 0 unspecified atom stereocenters. The number of H-pyrrole nitrogens is 1. The maximum absolute atomic E-state index is 12.5. The molecule has 2 rings (SSSR count). The Morgan fingerprint density at radius 1 is 1.33 bits per heavy atom. The minimum atomic E-state index is -0.945. The molecule has 0 bridgehead atoms. The molecule has 2 aromatic rings. The van der Waals surface area contributed by atoms with Crippen LogP contribution in [0.5, 0.6) is 5.75 Å². The van der Waals surface area contributed by atoms with Gasteiger partial charge in [0.15, 0.2) is 0 Å². The molecule has 0 atom stereocenters. The molecule has 0 spiro atoms. The number of aromatic nitrogens is 2. The van der Waals surface area contributed by atoms with Gasteiger partial charge >= 0.3 is 5.97 Å². The van der Waals surface area contributed by atoms with E-state index in [0.717, 1.165) is 0 Å². The van der Waals surface area contributed by atoms with Gasteiger partial charge in [0.05, 0.1) is 0 Å². The molecule has 21 heavy (non-hydrogen) atoms. The van der Waals surface area contributed by atoms with Crippen LogP contribution in [0.2, 0.25) is 0 Å². The highest BCUT2D eigenvalue weighted by molar-refractivity contribution is 5.67. The van der Waals surface area contributed by atoms with E-state index in [1.54, 1.807) is 18.2 Å². The van der Waals surface area contributed by atoms with Crippen molar-refractivity contribution in [2.75, 3.05) is 0 Å². The van der Waals surface area contributed by atoms with Crippen molar-refractivity contribution in [2.45, 2.75) is 32.6 Å². The Bertz CT molecular complexity index is 713. The largest absolute Gasteiger partial charge is 0.506 e. The minimum Gasteiger partial charge on any atom is -0.506 e. The van der Waals surface area contributed by atoms with Crippen LogP contribution in [0.15, 0.2) is 29.1 Å². The van der Waals surface area contributed by atoms with Crippen LogP contribution in [0.1, 0.15) is 37.4 Å². The quantitative estimate of drug-likeness (QED) is 0.785. The first-order valence-electron chi connectivity index (χ1n) is 6.75.